The summed E-state index contributed by atoms with van der Waals surface area (Å²) in [4.78, 5) is 31.7. The second-order valence-electron chi connectivity index (χ2n) is 9.55. The molecule has 34 heavy (non-hydrogen) atoms. The van der Waals surface area contributed by atoms with Gasteiger partial charge in [0, 0.05) is 42.7 Å². The molecule has 1 fully saturated rings. The predicted octanol–water partition coefficient (Wildman–Crippen LogP) is 5.49. The highest BCUT2D eigenvalue weighted by molar-refractivity contribution is 8.04. The first kappa shape index (κ1) is 24.6. The smallest absolute Gasteiger partial charge is 0.264 e. The van der Waals surface area contributed by atoms with Crippen LogP contribution >= 0.6 is 11.8 Å². The van der Waals surface area contributed by atoms with Crippen molar-refractivity contribution in [1.82, 2.24) is 10.2 Å². The van der Waals surface area contributed by atoms with Crippen molar-refractivity contribution in [2.24, 2.45) is 0 Å². The van der Waals surface area contributed by atoms with Gasteiger partial charge in [-0.05, 0) is 69.9 Å². The van der Waals surface area contributed by atoms with Gasteiger partial charge < -0.3 is 10.2 Å². The van der Waals surface area contributed by atoms with E-state index in [2.05, 4.69) is 30.1 Å². The number of anilines is 1. The van der Waals surface area contributed by atoms with Crippen molar-refractivity contribution >= 4 is 35.3 Å². The summed E-state index contributed by atoms with van der Waals surface area (Å²) in [6.45, 7) is 8.31. The number of nitrogens with one attached hydrogen (secondary N) is 1. The molecule has 0 aromatic heterocycles. The molecule has 2 amide bonds. The van der Waals surface area contributed by atoms with Gasteiger partial charge in [0.05, 0.1) is 10.6 Å². The van der Waals surface area contributed by atoms with Gasteiger partial charge in [0.25, 0.3) is 11.8 Å². The maximum atomic E-state index is 13.0. The van der Waals surface area contributed by atoms with Crippen molar-refractivity contribution in [3.8, 4) is 0 Å². The van der Waals surface area contributed by atoms with Crippen LogP contribution in [0.4, 0.5) is 5.69 Å². The molecule has 0 aliphatic carbocycles. The lowest BCUT2D eigenvalue weighted by Crippen LogP contribution is -2.44. The molecule has 1 N–H and O–H groups in total. The van der Waals surface area contributed by atoms with E-state index in [1.807, 2.05) is 49.4 Å². The van der Waals surface area contributed by atoms with Crippen LogP contribution in [0, 0.1) is 6.92 Å². The topological polar surface area (TPSA) is 52.7 Å². The number of rotatable bonds is 6. The fourth-order valence-electron chi connectivity index (χ4n) is 4.93. The summed E-state index contributed by atoms with van der Waals surface area (Å²) in [5.41, 5.74) is 3.54. The van der Waals surface area contributed by atoms with Gasteiger partial charge >= 0.3 is 0 Å². The van der Waals surface area contributed by atoms with Crippen molar-refractivity contribution < 1.29 is 9.59 Å². The fraction of sp³-hybridized carbons (Fsp3) is 0.429. The molecule has 5 nitrogen and oxygen atoms in total. The Morgan fingerprint density at radius 3 is 2.65 bits per heavy atom. The van der Waals surface area contributed by atoms with E-state index in [0.717, 1.165) is 34.7 Å². The molecule has 0 saturated carbocycles. The molecule has 2 aliphatic heterocycles. The van der Waals surface area contributed by atoms with Gasteiger partial charge in [-0.3, -0.25) is 14.5 Å². The predicted molar refractivity (Wildman–Crippen MR) is 141 cm³/mol. The SMILES string of the molecule is Cc1cccc(/C=C2/Sc3ccc(C(=O)NCCCN4[C@H](C)CCC[C@@H]4C)cc3N(C)C2=O)c1. The number of fused-ring (bicyclic) bond motifs is 1. The average molecular weight is 478 g/mol. The van der Waals surface area contributed by atoms with E-state index >= 15 is 0 Å². The minimum atomic E-state index is -0.0884. The lowest BCUT2D eigenvalue weighted by atomic mass is 9.97. The van der Waals surface area contributed by atoms with Crippen LogP contribution in [-0.2, 0) is 4.79 Å². The highest BCUT2D eigenvalue weighted by Crippen LogP contribution is 2.42. The minimum Gasteiger partial charge on any atom is -0.352 e. The van der Waals surface area contributed by atoms with Crippen LogP contribution in [0.15, 0.2) is 52.3 Å². The van der Waals surface area contributed by atoms with E-state index < -0.39 is 0 Å². The number of piperidine rings is 1. The summed E-state index contributed by atoms with van der Waals surface area (Å²) >= 11 is 1.46. The highest BCUT2D eigenvalue weighted by atomic mass is 32.2. The van der Waals surface area contributed by atoms with E-state index in [1.54, 1.807) is 11.9 Å². The Morgan fingerprint density at radius 1 is 1.15 bits per heavy atom. The van der Waals surface area contributed by atoms with Gasteiger partial charge in [0.2, 0.25) is 0 Å². The van der Waals surface area contributed by atoms with Crippen LogP contribution in [0.3, 0.4) is 0 Å². The maximum absolute atomic E-state index is 13.0. The Balaban J connectivity index is 1.38. The summed E-state index contributed by atoms with van der Waals surface area (Å²) in [6.07, 6.45) is 6.71. The Hall–Kier alpha value is -2.57. The number of benzene rings is 2. The zero-order valence-corrected chi connectivity index (χ0v) is 21.5. The van der Waals surface area contributed by atoms with Crippen molar-refractivity contribution in [2.45, 2.75) is 63.4 Å². The Kier molecular flexibility index (Phi) is 7.79. The number of hydrogen-bond donors (Lipinski definition) is 1. The van der Waals surface area contributed by atoms with E-state index in [-0.39, 0.29) is 11.8 Å². The molecule has 6 heteroatoms. The van der Waals surface area contributed by atoms with E-state index in [0.29, 0.717) is 29.1 Å². The average Bonchev–Trinajstić information content (AvgIpc) is 2.81. The molecule has 0 unspecified atom stereocenters. The largest absolute Gasteiger partial charge is 0.352 e. The van der Waals surface area contributed by atoms with Crippen LogP contribution in [0.2, 0.25) is 0 Å². The zero-order chi connectivity index (χ0) is 24.2. The minimum absolute atomic E-state index is 0.0543. The molecule has 2 heterocycles. The monoisotopic (exact) mass is 477 g/mol. The first-order valence-corrected chi connectivity index (χ1v) is 13.1. The standard InChI is InChI=1S/C28H35N3O2S/c1-19-8-5-11-22(16-19)17-26-28(33)30(4)24-18-23(12-13-25(24)34-26)27(32)29-14-7-15-31-20(2)9-6-10-21(31)3/h5,8,11-13,16-18,20-21H,6-7,9-10,14-15H2,1-4H3,(H,29,32)/b26-17+/t20-,21+. The van der Waals surface area contributed by atoms with E-state index in [9.17, 15) is 9.59 Å². The summed E-state index contributed by atoms with van der Waals surface area (Å²) < 4.78 is 0. The number of hydrogen-bond acceptors (Lipinski definition) is 4. The van der Waals surface area contributed by atoms with Crippen LogP contribution in [0.1, 0.15) is 61.0 Å². The van der Waals surface area contributed by atoms with Crippen LogP contribution in [0.25, 0.3) is 6.08 Å². The number of nitrogens with zero attached hydrogens (tertiary/aromatic N) is 2. The van der Waals surface area contributed by atoms with Crippen molar-refractivity contribution in [2.75, 3.05) is 25.0 Å². The number of amides is 2. The Labute approximate surface area is 207 Å². The first-order valence-electron chi connectivity index (χ1n) is 12.3. The molecule has 1 saturated heterocycles. The van der Waals surface area contributed by atoms with Gasteiger partial charge in [-0.25, -0.2) is 0 Å². The molecule has 0 bridgehead atoms. The second-order valence-corrected chi connectivity index (χ2v) is 10.6. The highest BCUT2D eigenvalue weighted by Gasteiger charge is 2.27. The molecule has 2 aromatic carbocycles. The van der Waals surface area contributed by atoms with Gasteiger partial charge in [-0.2, -0.15) is 0 Å². The van der Waals surface area contributed by atoms with Crippen molar-refractivity contribution in [3.63, 3.8) is 0 Å². The molecule has 2 atom stereocenters. The van der Waals surface area contributed by atoms with Crippen molar-refractivity contribution in [3.05, 3.63) is 64.1 Å². The number of aryl methyl sites for hydroxylation is 1. The fourth-order valence-corrected chi connectivity index (χ4v) is 6.02. The van der Waals surface area contributed by atoms with Gasteiger partial charge in [-0.1, -0.05) is 48.0 Å². The molecule has 180 valence electrons. The van der Waals surface area contributed by atoms with Crippen LogP contribution < -0.4 is 10.2 Å². The first-order chi connectivity index (χ1) is 16.3. The van der Waals surface area contributed by atoms with Gasteiger partial charge in [0.1, 0.15) is 0 Å². The molecule has 2 aromatic rings. The Morgan fingerprint density at radius 2 is 1.91 bits per heavy atom. The summed E-state index contributed by atoms with van der Waals surface area (Å²) in [6, 6.07) is 15.0. The molecular weight excluding hydrogens is 442 g/mol. The molecule has 2 aliphatic rings. The van der Waals surface area contributed by atoms with Crippen molar-refractivity contribution in [1.29, 1.82) is 0 Å². The molecule has 4 rings (SSSR count). The quantitative estimate of drug-likeness (QED) is 0.442. The third-order valence-corrected chi connectivity index (χ3v) is 7.99. The van der Waals surface area contributed by atoms with Crippen LogP contribution in [0.5, 0.6) is 0 Å². The number of likely N-dealkylation sites (N-methyl/N-ethyl adjacent to an activating group) is 1. The lowest BCUT2D eigenvalue weighted by Gasteiger charge is -2.39. The summed E-state index contributed by atoms with van der Waals surface area (Å²) in [7, 11) is 1.77. The van der Waals surface area contributed by atoms with E-state index in [4.69, 9.17) is 0 Å². The van der Waals surface area contributed by atoms with Gasteiger partial charge in [-0.15, -0.1) is 0 Å². The van der Waals surface area contributed by atoms with E-state index in [1.165, 1.54) is 31.0 Å². The zero-order valence-electron chi connectivity index (χ0n) is 20.6. The lowest BCUT2D eigenvalue weighted by molar-refractivity contribution is -0.114. The summed E-state index contributed by atoms with van der Waals surface area (Å²) in [5, 5.41) is 3.06. The molecular formula is C28H35N3O2S. The molecule has 0 spiro atoms. The Bertz CT molecular complexity index is 1090. The number of likely N-dealkylation sites (tertiary alicyclic amines) is 1. The number of carbonyl (C=O) groups excluding carboxylic acids is 2. The number of carbonyl (C=O) groups is 2. The number of thioether (sulfide) groups is 1. The molecule has 0 radical (unpaired) electrons. The normalized spacial score (nSPS) is 22.1. The van der Waals surface area contributed by atoms with Gasteiger partial charge in [0.15, 0.2) is 0 Å². The van der Waals surface area contributed by atoms with Crippen LogP contribution in [-0.4, -0.2) is 48.9 Å². The third-order valence-electron chi connectivity index (χ3n) is 6.91. The third kappa shape index (κ3) is 5.56. The second kappa shape index (κ2) is 10.8. The summed E-state index contributed by atoms with van der Waals surface area (Å²) in [5.74, 6) is -0.143. The maximum Gasteiger partial charge on any atom is 0.264 e.